The summed E-state index contributed by atoms with van der Waals surface area (Å²) < 4.78 is 11.3. The van der Waals surface area contributed by atoms with Crippen molar-refractivity contribution in [1.29, 1.82) is 0 Å². The number of nitrogens with zero attached hydrogens (tertiary/aromatic N) is 4. The summed E-state index contributed by atoms with van der Waals surface area (Å²) in [7, 11) is 1.59. The van der Waals surface area contributed by atoms with Crippen LogP contribution in [0.1, 0.15) is 45.9 Å². The topological polar surface area (TPSA) is 115 Å². The lowest BCUT2D eigenvalue weighted by molar-refractivity contribution is 0.0589. The number of thiocarbonyl (C=S) groups is 1. The lowest BCUT2D eigenvalue weighted by Crippen LogP contribution is -2.34. The zero-order valence-electron chi connectivity index (χ0n) is 19.1. The van der Waals surface area contributed by atoms with E-state index in [0.717, 1.165) is 17.7 Å². The van der Waals surface area contributed by atoms with Crippen LogP contribution in [0.15, 0.2) is 35.6 Å². The number of anilines is 2. The minimum absolute atomic E-state index is 0.0823. The molecule has 0 spiro atoms. The number of hydrogen-bond donors (Lipinski definition) is 2. The van der Waals surface area contributed by atoms with Crippen molar-refractivity contribution in [2.24, 2.45) is 10.7 Å². The third kappa shape index (κ3) is 5.70. The lowest BCUT2D eigenvalue weighted by Gasteiger charge is -2.25. The Morgan fingerprint density at radius 2 is 2.09 bits per heavy atom. The van der Waals surface area contributed by atoms with Gasteiger partial charge in [0.05, 0.1) is 11.9 Å². The average molecular weight is 457 g/mol. The van der Waals surface area contributed by atoms with Crippen LogP contribution < -0.4 is 20.7 Å². The zero-order chi connectivity index (χ0) is 23.7. The fourth-order valence-electron chi connectivity index (χ4n) is 3.14. The number of fused-ring (bicyclic) bond motifs is 1. The molecule has 2 aromatic rings. The summed E-state index contributed by atoms with van der Waals surface area (Å²) in [6.45, 7) is 9.43. The number of carbonyl (C=O) groups excluding carboxylic acids is 1. The Bertz CT molecular complexity index is 1080. The van der Waals surface area contributed by atoms with Gasteiger partial charge < -0.3 is 20.5 Å². The molecule has 0 atom stereocenters. The Balaban J connectivity index is 1.76. The summed E-state index contributed by atoms with van der Waals surface area (Å²) in [6, 6.07) is 5.28. The predicted molar refractivity (Wildman–Crippen MR) is 128 cm³/mol. The van der Waals surface area contributed by atoms with Gasteiger partial charge in [0.2, 0.25) is 0 Å². The van der Waals surface area contributed by atoms with Crippen LogP contribution in [0.2, 0.25) is 0 Å². The van der Waals surface area contributed by atoms with E-state index in [-0.39, 0.29) is 16.5 Å². The summed E-state index contributed by atoms with van der Waals surface area (Å²) >= 11 is 5.34. The Hall–Kier alpha value is -3.27. The van der Waals surface area contributed by atoms with Crippen molar-refractivity contribution in [2.45, 2.75) is 52.2 Å². The zero-order valence-corrected chi connectivity index (χ0v) is 19.9. The van der Waals surface area contributed by atoms with E-state index in [1.165, 1.54) is 4.90 Å². The number of aliphatic imine (C=N–C) groups is 1. The van der Waals surface area contributed by atoms with Crippen molar-refractivity contribution in [3.63, 3.8) is 0 Å². The van der Waals surface area contributed by atoms with Crippen LogP contribution in [-0.4, -0.2) is 45.3 Å². The van der Waals surface area contributed by atoms with E-state index in [1.54, 1.807) is 52.3 Å². The molecule has 0 saturated carbocycles. The first-order chi connectivity index (χ1) is 14.8. The molecule has 32 heavy (non-hydrogen) atoms. The van der Waals surface area contributed by atoms with Crippen molar-refractivity contribution in [2.75, 3.05) is 17.3 Å². The van der Waals surface area contributed by atoms with Crippen LogP contribution in [0.25, 0.3) is 0 Å². The highest BCUT2D eigenvalue weighted by atomic mass is 32.1. The summed E-state index contributed by atoms with van der Waals surface area (Å²) in [4.78, 5) is 26.6. The average Bonchev–Trinajstić information content (AvgIpc) is 2.99. The number of pyridine rings is 2. The molecule has 3 heterocycles. The second kappa shape index (κ2) is 8.70. The molecular formula is C22H28N6O3S. The van der Waals surface area contributed by atoms with Crippen molar-refractivity contribution in [3.8, 4) is 5.75 Å². The van der Waals surface area contributed by atoms with Crippen molar-refractivity contribution in [3.05, 3.63) is 41.9 Å². The third-order valence-corrected chi connectivity index (χ3v) is 4.67. The van der Waals surface area contributed by atoms with Gasteiger partial charge in [-0.1, -0.05) is 0 Å². The number of rotatable bonds is 3. The second-order valence-electron chi connectivity index (χ2n) is 9.05. The van der Waals surface area contributed by atoms with E-state index < -0.39 is 11.7 Å². The quantitative estimate of drug-likeness (QED) is 0.408. The van der Waals surface area contributed by atoms with Gasteiger partial charge >= 0.3 is 6.09 Å². The first kappa shape index (κ1) is 23.4. The molecule has 2 aromatic heterocycles. The SMILES string of the molecule is CN(C(=O)OC(C)(C)C)c1cccnc1NC(=S)N=C(N)c1cc2c(cn1)OC(C)(C)C2. The highest BCUT2D eigenvalue weighted by molar-refractivity contribution is 7.80. The number of hydrogen-bond acceptors (Lipinski definition) is 6. The van der Waals surface area contributed by atoms with Crippen molar-refractivity contribution < 1.29 is 14.3 Å². The Morgan fingerprint density at radius 3 is 2.78 bits per heavy atom. The molecule has 1 aliphatic rings. The first-order valence-corrected chi connectivity index (χ1v) is 10.5. The number of amidine groups is 1. The van der Waals surface area contributed by atoms with E-state index in [1.807, 2.05) is 19.9 Å². The van der Waals surface area contributed by atoms with Gasteiger partial charge in [-0.15, -0.1) is 0 Å². The van der Waals surface area contributed by atoms with E-state index in [2.05, 4.69) is 20.3 Å². The van der Waals surface area contributed by atoms with Gasteiger partial charge in [0.1, 0.15) is 22.6 Å². The number of nitrogens with one attached hydrogen (secondary N) is 1. The van der Waals surface area contributed by atoms with Gasteiger partial charge in [-0.05, 0) is 65.0 Å². The molecule has 3 N–H and O–H groups in total. The highest BCUT2D eigenvalue weighted by Crippen LogP contribution is 2.34. The maximum Gasteiger partial charge on any atom is 0.414 e. The summed E-state index contributed by atoms with van der Waals surface area (Å²) in [5.41, 5.74) is 7.23. The van der Waals surface area contributed by atoms with Gasteiger partial charge in [0.25, 0.3) is 0 Å². The largest absolute Gasteiger partial charge is 0.486 e. The molecular weight excluding hydrogens is 428 g/mol. The highest BCUT2D eigenvalue weighted by Gasteiger charge is 2.30. The van der Waals surface area contributed by atoms with Crippen molar-refractivity contribution in [1.82, 2.24) is 9.97 Å². The van der Waals surface area contributed by atoms with Crippen LogP contribution in [0.4, 0.5) is 16.3 Å². The Morgan fingerprint density at radius 1 is 1.38 bits per heavy atom. The number of ether oxygens (including phenoxy) is 2. The minimum Gasteiger partial charge on any atom is -0.486 e. The van der Waals surface area contributed by atoms with Gasteiger partial charge in [-0.25, -0.2) is 19.8 Å². The summed E-state index contributed by atoms with van der Waals surface area (Å²) in [5, 5.41) is 3.01. The fourth-order valence-corrected chi connectivity index (χ4v) is 3.33. The van der Waals surface area contributed by atoms with E-state index in [9.17, 15) is 4.79 Å². The molecule has 0 aromatic carbocycles. The molecule has 9 nitrogen and oxygen atoms in total. The van der Waals surface area contributed by atoms with Gasteiger partial charge in [0.15, 0.2) is 16.8 Å². The van der Waals surface area contributed by atoms with Crippen LogP contribution in [0, 0.1) is 0 Å². The molecule has 1 amide bonds. The van der Waals surface area contributed by atoms with Crippen molar-refractivity contribution >= 4 is 40.8 Å². The van der Waals surface area contributed by atoms with Crippen LogP contribution in [0.5, 0.6) is 5.75 Å². The monoisotopic (exact) mass is 456 g/mol. The van der Waals surface area contributed by atoms with E-state index >= 15 is 0 Å². The molecule has 0 bridgehead atoms. The fraction of sp³-hybridized carbons (Fsp3) is 0.409. The van der Waals surface area contributed by atoms with Crippen LogP contribution in [0.3, 0.4) is 0 Å². The lowest BCUT2D eigenvalue weighted by atomic mass is 10.0. The maximum absolute atomic E-state index is 12.4. The smallest absolute Gasteiger partial charge is 0.414 e. The number of carbonyl (C=O) groups is 1. The molecule has 0 aliphatic carbocycles. The first-order valence-electron chi connectivity index (χ1n) is 10.1. The van der Waals surface area contributed by atoms with Gasteiger partial charge in [-0.3, -0.25) is 4.90 Å². The molecule has 1 aliphatic heterocycles. The van der Waals surface area contributed by atoms with Gasteiger partial charge in [-0.2, -0.15) is 0 Å². The van der Waals surface area contributed by atoms with E-state index in [0.29, 0.717) is 17.2 Å². The molecule has 0 unspecified atom stereocenters. The van der Waals surface area contributed by atoms with Crippen LogP contribution in [-0.2, 0) is 11.2 Å². The molecule has 170 valence electrons. The molecule has 0 saturated heterocycles. The standard InChI is InChI=1S/C22H28N6O3S/c1-21(2,3)31-20(29)28(6)15-8-7-9-24-18(15)27-19(32)26-17(23)14-10-13-11-22(4,5)30-16(13)12-25-14/h7-10,12H,11H2,1-6H3,(H3,23,24,26,27,32). The molecule has 0 radical (unpaired) electrons. The maximum atomic E-state index is 12.4. The number of nitrogens with two attached hydrogens (primary N) is 1. The molecule has 3 rings (SSSR count). The predicted octanol–water partition coefficient (Wildman–Crippen LogP) is 3.66. The minimum atomic E-state index is -0.627. The molecule has 0 fully saturated rings. The van der Waals surface area contributed by atoms with E-state index in [4.69, 9.17) is 27.4 Å². The van der Waals surface area contributed by atoms with Crippen LogP contribution >= 0.6 is 12.2 Å². The normalized spacial score (nSPS) is 14.9. The van der Waals surface area contributed by atoms with Gasteiger partial charge in [0, 0.05) is 25.2 Å². The second-order valence-corrected chi connectivity index (χ2v) is 9.44. The third-order valence-electron chi connectivity index (χ3n) is 4.48. The summed E-state index contributed by atoms with van der Waals surface area (Å²) in [5.74, 6) is 1.25. The summed E-state index contributed by atoms with van der Waals surface area (Å²) in [6.07, 6.45) is 3.45. The Kier molecular flexibility index (Phi) is 6.36. The number of aromatic nitrogens is 2. The Labute approximate surface area is 193 Å². The molecule has 10 heteroatoms. The number of amides is 1.